The van der Waals surface area contributed by atoms with Crippen LogP contribution < -0.4 is 27.0 Å². The lowest BCUT2D eigenvalue weighted by atomic mass is 10.00. The third kappa shape index (κ3) is 12.7. The van der Waals surface area contributed by atoms with Crippen LogP contribution >= 0.6 is 0 Å². The lowest BCUT2D eigenvalue weighted by Gasteiger charge is -2.26. The molecular formula is C21H37N5O9. The number of amides is 4. The van der Waals surface area contributed by atoms with Crippen molar-refractivity contribution in [3.8, 4) is 0 Å². The first-order valence-electron chi connectivity index (χ1n) is 11.2. The van der Waals surface area contributed by atoms with Crippen LogP contribution in [0.3, 0.4) is 0 Å². The van der Waals surface area contributed by atoms with Crippen LogP contribution in [0.25, 0.3) is 0 Å². The molecule has 0 aromatic rings. The van der Waals surface area contributed by atoms with E-state index in [1.54, 1.807) is 13.8 Å². The Morgan fingerprint density at radius 2 is 1.26 bits per heavy atom. The number of hydrogen-bond acceptors (Lipinski definition) is 8. The Bertz CT molecular complexity index is 772. The second-order valence-corrected chi connectivity index (χ2v) is 8.81. The maximum atomic E-state index is 12.8. The van der Waals surface area contributed by atoms with Gasteiger partial charge in [0.25, 0.3) is 0 Å². The van der Waals surface area contributed by atoms with E-state index in [1.807, 2.05) is 19.2 Å². The molecule has 0 fully saturated rings. The molecule has 0 aliphatic carbocycles. The summed E-state index contributed by atoms with van der Waals surface area (Å²) in [6, 6.07) is -4.89. The first-order valence-corrected chi connectivity index (χ1v) is 11.2. The summed E-state index contributed by atoms with van der Waals surface area (Å²) in [6.45, 7) is 5.48. The Morgan fingerprint density at radius 1 is 0.743 bits per heavy atom. The van der Waals surface area contributed by atoms with Gasteiger partial charge < -0.3 is 42.3 Å². The second-order valence-electron chi connectivity index (χ2n) is 8.81. The fraction of sp³-hybridized carbons (Fsp3) is 0.714. The monoisotopic (exact) mass is 503 g/mol. The highest BCUT2D eigenvalue weighted by Crippen LogP contribution is 2.08. The number of carbonyl (C=O) groups excluding carboxylic acids is 4. The van der Waals surface area contributed by atoms with E-state index in [4.69, 9.17) is 15.9 Å². The molecule has 35 heavy (non-hydrogen) atoms. The average molecular weight is 504 g/mol. The fourth-order valence-electron chi connectivity index (χ4n) is 2.83. The Balaban J connectivity index is 5.43. The van der Waals surface area contributed by atoms with E-state index in [0.29, 0.717) is 0 Å². The van der Waals surface area contributed by atoms with Crippen LogP contribution in [0, 0.1) is 11.8 Å². The quantitative estimate of drug-likeness (QED) is 0.110. The van der Waals surface area contributed by atoms with Gasteiger partial charge >= 0.3 is 11.9 Å². The maximum Gasteiger partial charge on any atom is 0.322 e. The molecule has 200 valence electrons. The first-order chi connectivity index (χ1) is 16.2. The summed E-state index contributed by atoms with van der Waals surface area (Å²) < 4.78 is 0. The standard InChI is InChI=1S/C21H37N5O9/c1-10(2)7-13(25-21(35)17(22)11(3)4)19(33)26-14(9-27)20(34)24-12(5-6-15(28)29)18(32)23-8-16(30)31/h10-14,17,27H,5-9,22H2,1-4H3,(H,23,32)(H,24,34)(H,25,35)(H,26,33)(H,28,29)(H,30,31). The number of carbonyl (C=O) groups is 6. The Kier molecular flexibility index (Phi) is 14.2. The number of nitrogens with two attached hydrogens (primary N) is 1. The molecule has 0 aliphatic rings. The number of hydrogen-bond donors (Lipinski definition) is 8. The first kappa shape index (κ1) is 31.7. The van der Waals surface area contributed by atoms with Gasteiger partial charge in [-0.15, -0.1) is 0 Å². The highest BCUT2D eigenvalue weighted by molar-refractivity contribution is 5.95. The molecule has 0 bridgehead atoms. The molecule has 9 N–H and O–H groups in total. The van der Waals surface area contributed by atoms with Gasteiger partial charge in [-0.3, -0.25) is 28.8 Å². The van der Waals surface area contributed by atoms with Crippen LogP contribution in [0.2, 0.25) is 0 Å². The van der Waals surface area contributed by atoms with Crippen molar-refractivity contribution in [2.24, 2.45) is 17.6 Å². The predicted molar refractivity (Wildman–Crippen MR) is 123 cm³/mol. The molecule has 4 atom stereocenters. The van der Waals surface area contributed by atoms with Crippen LogP contribution in [-0.2, 0) is 28.8 Å². The van der Waals surface area contributed by atoms with Crippen LogP contribution in [0.5, 0.6) is 0 Å². The SMILES string of the molecule is CC(C)CC(NC(=O)C(N)C(C)C)C(=O)NC(CO)C(=O)NC(CCC(=O)O)C(=O)NCC(=O)O. The average Bonchev–Trinajstić information content (AvgIpc) is 2.76. The van der Waals surface area contributed by atoms with Crippen LogP contribution in [-0.4, -0.2) is 88.2 Å². The molecule has 4 unspecified atom stereocenters. The summed E-state index contributed by atoms with van der Waals surface area (Å²) in [5.41, 5.74) is 5.83. The van der Waals surface area contributed by atoms with Gasteiger partial charge in [-0.2, -0.15) is 0 Å². The lowest BCUT2D eigenvalue weighted by Crippen LogP contribution is -2.59. The van der Waals surface area contributed by atoms with Gasteiger partial charge in [0.15, 0.2) is 0 Å². The van der Waals surface area contributed by atoms with Crippen molar-refractivity contribution >= 4 is 35.6 Å². The van der Waals surface area contributed by atoms with Crippen molar-refractivity contribution in [2.75, 3.05) is 13.2 Å². The molecule has 0 spiro atoms. The molecular weight excluding hydrogens is 466 g/mol. The van der Waals surface area contributed by atoms with Crippen molar-refractivity contribution in [1.82, 2.24) is 21.3 Å². The van der Waals surface area contributed by atoms with Crippen LogP contribution in [0.4, 0.5) is 0 Å². The molecule has 0 saturated carbocycles. The van der Waals surface area contributed by atoms with Crippen molar-refractivity contribution in [2.45, 2.75) is 71.1 Å². The Morgan fingerprint density at radius 3 is 1.71 bits per heavy atom. The van der Waals surface area contributed by atoms with Crippen LogP contribution in [0.15, 0.2) is 0 Å². The van der Waals surface area contributed by atoms with E-state index in [0.717, 1.165) is 0 Å². The summed E-state index contributed by atoms with van der Waals surface area (Å²) in [7, 11) is 0. The highest BCUT2D eigenvalue weighted by atomic mass is 16.4. The maximum absolute atomic E-state index is 12.8. The zero-order chi connectivity index (χ0) is 27.3. The van der Waals surface area contributed by atoms with E-state index < -0.39 is 79.3 Å². The van der Waals surface area contributed by atoms with Crippen molar-refractivity contribution in [3.05, 3.63) is 0 Å². The normalized spacial score (nSPS) is 14.4. The molecule has 14 nitrogen and oxygen atoms in total. The van der Waals surface area contributed by atoms with E-state index in [2.05, 4.69) is 16.0 Å². The third-order valence-corrected chi connectivity index (χ3v) is 4.87. The molecule has 0 saturated heterocycles. The number of aliphatic hydroxyl groups excluding tert-OH is 1. The smallest absolute Gasteiger partial charge is 0.322 e. The minimum atomic E-state index is -1.53. The molecule has 0 radical (unpaired) electrons. The zero-order valence-electron chi connectivity index (χ0n) is 20.4. The summed E-state index contributed by atoms with van der Waals surface area (Å²) in [6.07, 6.45) is -0.668. The lowest BCUT2D eigenvalue weighted by molar-refractivity contribution is -0.140. The minimum Gasteiger partial charge on any atom is -0.481 e. The molecule has 0 aromatic heterocycles. The minimum absolute atomic E-state index is 0.0268. The van der Waals surface area contributed by atoms with Crippen molar-refractivity contribution in [1.29, 1.82) is 0 Å². The van der Waals surface area contributed by atoms with Gasteiger partial charge in [0, 0.05) is 6.42 Å². The Labute approximate surface area is 203 Å². The topological polar surface area (TPSA) is 237 Å². The number of nitrogens with one attached hydrogen (secondary N) is 4. The van der Waals surface area contributed by atoms with Crippen molar-refractivity contribution < 1.29 is 44.1 Å². The predicted octanol–water partition coefficient (Wildman–Crippen LogP) is -2.47. The zero-order valence-corrected chi connectivity index (χ0v) is 20.4. The summed E-state index contributed by atoms with van der Waals surface area (Å²) in [5.74, 6) is -6.10. The number of carboxylic acid groups (broad SMARTS) is 2. The van der Waals surface area contributed by atoms with Crippen molar-refractivity contribution in [3.63, 3.8) is 0 Å². The highest BCUT2D eigenvalue weighted by Gasteiger charge is 2.31. The number of carboxylic acids is 2. The number of rotatable bonds is 16. The summed E-state index contributed by atoms with van der Waals surface area (Å²) >= 11 is 0. The van der Waals surface area contributed by atoms with E-state index >= 15 is 0 Å². The van der Waals surface area contributed by atoms with E-state index in [-0.39, 0.29) is 24.7 Å². The van der Waals surface area contributed by atoms with Gasteiger partial charge in [-0.25, -0.2) is 0 Å². The number of aliphatic hydroxyl groups is 1. The summed E-state index contributed by atoms with van der Waals surface area (Å²) in [4.78, 5) is 71.6. The molecule has 0 aromatic carbocycles. The van der Waals surface area contributed by atoms with Crippen LogP contribution in [0.1, 0.15) is 47.0 Å². The molecule has 14 heteroatoms. The Hall–Kier alpha value is -3.26. The number of aliphatic carboxylic acids is 2. The van der Waals surface area contributed by atoms with E-state index in [9.17, 15) is 33.9 Å². The third-order valence-electron chi connectivity index (χ3n) is 4.87. The van der Waals surface area contributed by atoms with Gasteiger partial charge in [-0.1, -0.05) is 27.7 Å². The molecule has 0 aliphatic heterocycles. The molecule has 0 rings (SSSR count). The van der Waals surface area contributed by atoms with Gasteiger partial charge in [0.05, 0.1) is 12.6 Å². The van der Waals surface area contributed by atoms with Gasteiger partial charge in [-0.05, 0) is 24.7 Å². The second kappa shape index (κ2) is 15.6. The van der Waals surface area contributed by atoms with Gasteiger partial charge in [0.1, 0.15) is 24.7 Å². The van der Waals surface area contributed by atoms with E-state index in [1.165, 1.54) is 0 Å². The van der Waals surface area contributed by atoms with Gasteiger partial charge in [0.2, 0.25) is 23.6 Å². The fourth-order valence-corrected chi connectivity index (χ4v) is 2.83. The molecule has 4 amide bonds. The molecule has 0 heterocycles. The summed E-state index contributed by atoms with van der Waals surface area (Å²) in [5, 5.41) is 36.3. The largest absolute Gasteiger partial charge is 0.481 e.